The molecule has 3 rings (SSSR count). The van der Waals surface area contributed by atoms with Gasteiger partial charge in [-0.3, -0.25) is 4.98 Å². The summed E-state index contributed by atoms with van der Waals surface area (Å²) in [5, 5.41) is 9.24. The van der Waals surface area contributed by atoms with Gasteiger partial charge in [-0.2, -0.15) is 5.26 Å². The predicted octanol–water partition coefficient (Wildman–Crippen LogP) is 2.66. The number of anilines is 1. The van der Waals surface area contributed by atoms with E-state index in [0.29, 0.717) is 12.0 Å². The van der Waals surface area contributed by atoms with Crippen LogP contribution in [0.15, 0.2) is 30.5 Å². The van der Waals surface area contributed by atoms with Gasteiger partial charge < -0.3 is 9.80 Å². The summed E-state index contributed by atoms with van der Waals surface area (Å²) in [6.07, 6.45) is 2.43. The summed E-state index contributed by atoms with van der Waals surface area (Å²) in [4.78, 5) is 14.3. The maximum Gasteiger partial charge on any atom is 0.146 e. The van der Waals surface area contributed by atoms with E-state index in [-0.39, 0.29) is 0 Å². The first kappa shape index (κ1) is 17.3. The molecule has 1 fully saturated rings. The van der Waals surface area contributed by atoms with E-state index in [1.807, 2.05) is 13.0 Å². The molecule has 1 aliphatic heterocycles. The van der Waals surface area contributed by atoms with Crippen LogP contribution in [-0.2, 0) is 6.42 Å². The SMILES string of the molecule is Cc1cc(C)nc(CC(=S)N2CCN(c3ncccc3C#N)CC2)c1. The minimum Gasteiger partial charge on any atom is -0.362 e. The van der Waals surface area contributed by atoms with Crippen LogP contribution in [0.3, 0.4) is 0 Å². The molecule has 0 bridgehead atoms. The van der Waals surface area contributed by atoms with Crippen molar-refractivity contribution < 1.29 is 0 Å². The Morgan fingerprint density at radius 2 is 2.00 bits per heavy atom. The number of hydrogen-bond donors (Lipinski definition) is 0. The molecule has 0 unspecified atom stereocenters. The molecule has 0 N–H and O–H groups in total. The molecule has 0 aliphatic carbocycles. The lowest BCUT2D eigenvalue weighted by Gasteiger charge is -2.37. The Hall–Kier alpha value is -2.52. The Balaban J connectivity index is 1.62. The first-order chi connectivity index (χ1) is 12.1. The summed E-state index contributed by atoms with van der Waals surface area (Å²) < 4.78 is 0. The fraction of sp³-hybridized carbons (Fsp3) is 0.368. The number of nitrogens with zero attached hydrogens (tertiary/aromatic N) is 5. The molecular formula is C19H21N5S. The van der Waals surface area contributed by atoms with E-state index in [0.717, 1.165) is 48.4 Å². The minimum absolute atomic E-state index is 0.623. The third-order valence-electron chi connectivity index (χ3n) is 4.32. The molecule has 0 radical (unpaired) electrons. The van der Waals surface area contributed by atoms with Crippen LogP contribution in [0.1, 0.15) is 22.5 Å². The zero-order valence-corrected chi connectivity index (χ0v) is 15.4. The maximum atomic E-state index is 9.24. The fourth-order valence-corrected chi connectivity index (χ4v) is 3.52. The molecule has 2 aromatic rings. The van der Waals surface area contributed by atoms with Gasteiger partial charge in [-0.15, -0.1) is 0 Å². The zero-order chi connectivity index (χ0) is 17.8. The second-order valence-electron chi connectivity index (χ2n) is 6.31. The summed E-state index contributed by atoms with van der Waals surface area (Å²) in [5.74, 6) is 0.770. The van der Waals surface area contributed by atoms with Gasteiger partial charge in [0.15, 0.2) is 0 Å². The summed E-state index contributed by atoms with van der Waals surface area (Å²) >= 11 is 5.65. The van der Waals surface area contributed by atoms with Crippen LogP contribution >= 0.6 is 12.2 Å². The van der Waals surface area contributed by atoms with Crippen LogP contribution in [0.2, 0.25) is 0 Å². The summed E-state index contributed by atoms with van der Waals surface area (Å²) in [6, 6.07) is 10.00. The summed E-state index contributed by atoms with van der Waals surface area (Å²) in [7, 11) is 0. The highest BCUT2D eigenvalue weighted by Crippen LogP contribution is 2.18. The molecule has 0 spiro atoms. The molecule has 25 heavy (non-hydrogen) atoms. The normalized spacial score (nSPS) is 14.3. The smallest absolute Gasteiger partial charge is 0.146 e. The van der Waals surface area contributed by atoms with E-state index in [2.05, 4.69) is 44.9 Å². The van der Waals surface area contributed by atoms with E-state index < -0.39 is 0 Å². The maximum absolute atomic E-state index is 9.24. The van der Waals surface area contributed by atoms with Gasteiger partial charge in [0.1, 0.15) is 11.9 Å². The number of pyridine rings is 2. The van der Waals surface area contributed by atoms with Crippen molar-refractivity contribution in [2.24, 2.45) is 0 Å². The monoisotopic (exact) mass is 351 g/mol. The van der Waals surface area contributed by atoms with Crippen molar-refractivity contribution in [1.82, 2.24) is 14.9 Å². The zero-order valence-electron chi connectivity index (χ0n) is 14.6. The molecule has 2 aromatic heterocycles. The Labute approximate surface area is 153 Å². The Morgan fingerprint density at radius 3 is 2.68 bits per heavy atom. The molecule has 1 aliphatic rings. The highest BCUT2D eigenvalue weighted by Gasteiger charge is 2.21. The molecule has 3 heterocycles. The van der Waals surface area contributed by atoms with Crippen molar-refractivity contribution in [2.45, 2.75) is 20.3 Å². The highest BCUT2D eigenvalue weighted by atomic mass is 32.1. The van der Waals surface area contributed by atoms with Crippen LogP contribution in [0.5, 0.6) is 0 Å². The average Bonchev–Trinajstić information content (AvgIpc) is 2.61. The van der Waals surface area contributed by atoms with Gasteiger partial charge in [0.2, 0.25) is 0 Å². The van der Waals surface area contributed by atoms with Gasteiger partial charge >= 0.3 is 0 Å². The molecule has 5 nitrogen and oxygen atoms in total. The number of aryl methyl sites for hydroxylation is 2. The number of thiocarbonyl (C=S) groups is 1. The lowest BCUT2D eigenvalue weighted by Crippen LogP contribution is -2.49. The minimum atomic E-state index is 0.623. The molecule has 1 saturated heterocycles. The Bertz CT molecular complexity index is 799. The standard InChI is InChI=1S/C19H21N5S/c1-14-10-15(2)22-17(11-14)12-18(25)23-6-8-24(9-7-23)19-16(13-20)4-3-5-21-19/h3-5,10-11H,6-9,12H2,1-2H3. The van der Waals surface area contributed by atoms with Crippen LogP contribution < -0.4 is 4.90 Å². The summed E-state index contributed by atoms with van der Waals surface area (Å²) in [5.41, 5.74) is 3.90. The van der Waals surface area contributed by atoms with Gasteiger partial charge in [0.05, 0.1) is 10.6 Å². The van der Waals surface area contributed by atoms with Gasteiger partial charge in [0.25, 0.3) is 0 Å². The number of nitriles is 1. The third-order valence-corrected chi connectivity index (χ3v) is 4.72. The number of piperazine rings is 1. The first-order valence-electron chi connectivity index (χ1n) is 8.39. The van der Waals surface area contributed by atoms with Crippen molar-refractivity contribution in [3.8, 4) is 6.07 Å². The lowest BCUT2D eigenvalue weighted by molar-refractivity contribution is 0.385. The third kappa shape index (κ3) is 4.12. The largest absolute Gasteiger partial charge is 0.362 e. The van der Waals surface area contributed by atoms with Crippen LogP contribution in [0.4, 0.5) is 5.82 Å². The summed E-state index contributed by atoms with van der Waals surface area (Å²) in [6.45, 7) is 7.39. The molecule has 6 heteroatoms. The second kappa shape index (κ2) is 7.58. The van der Waals surface area contributed by atoms with E-state index in [9.17, 15) is 5.26 Å². The molecule has 0 saturated carbocycles. The van der Waals surface area contributed by atoms with E-state index in [1.54, 1.807) is 12.3 Å². The number of rotatable bonds is 3. The van der Waals surface area contributed by atoms with E-state index >= 15 is 0 Å². The molecular weight excluding hydrogens is 330 g/mol. The molecule has 0 amide bonds. The highest BCUT2D eigenvalue weighted by molar-refractivity contribution is 7.80. The van der Waals surface area contributed by atoms with Gasteiger partial charge in [-0.05, 0) is 43.7 Å². The first-order valence-corrected chi connectivity index (χ1v) is 8.79. The van der Waals surface area contributed by atoms with E-state index in [4.69, 9.17) is 12.2 Å². The predicted molar refractivity (Wildman–Crippen MR) is 103 cm³/mol. The van der Waals surface area contributed by atoms with Crippen molar-refractivity contribution >= 4 is 23.0 Å². The average molecular weight is 351 g/mol. The molecule has 0 aromatic carbocycles. The van der Waals surface area contributed by atoms with Crippen molar-refractivity contribution in [3.05, 3.63) is 53.0 Å². The lowest BCUT2D eigenvalue weighted by atomic mass is 10.1. The van der Waals surface area contributed by atoms with E-state index in [1.165, 1.54) is 5.56 Å². The Morgan fingerprint density at radius 1 is 1.24 bits per heavy atom. The van der Waals surface area contributed by atoms with Crippen LogP contribution in [0, 0.1) is 25.2 Å². The van der Waals surface area contributed by atoms with Crippen LogP contribution in [0.25, 0.3) is 0 Å². The molecule has 0 atom stereocenters. The number of aromatic nitrogens is 2. The van der Waals surface area contributed by atoms with Gasteiger partial charge in [-0.1, -0.05) is 12.2 Å². The van der Waals surface area contributed by atoms with Gasteiger partial charge in [0, 0.05) is 50.2 Å². The topological polar surface area (TPSA) is 56.1 Å². The van der Waals surface area contributed by atoms with Crippen molar-refractivity contribution in [3.63, 3.8) is 0 Å². The quantitative estimate of drug-likeness (QED) is 0.793. The second-order valence-corrected chi connectivity index (χ2v) is 6.78. The fourth-order valence-electron chi connectivity index (χ4n) is 3.19. The molecule has 128 valence electrons. The van der Waals surface area contributed by atoms with Crippen LogP contribution in [-0.4, -0.2) is 46.0 Å². The number of hydrogen-bond acceptors (Lipinski definition) is 5. The van der Waals surface area contributed by atoms with Gasteiger partial charge in [-0.25, -0.2) is 4.98 Å². The Kier molecular flexibility index (Phi) is 5.25. The van der Waals surface area contributed by atoms with Crippen molar-refractivity contribution in [2.75, 3.05) is 31.1 Å². The van der Waals surface area contributed by atoms with Crippen molar-refractivity contribution in [1.29, 1.82) is 5.26 Å².